The lowest BCUT2D eigenvalue weighted by molar-refractivity contribution is -0.135. The fourth-order valence-corrected chi connectivity index (χ4v) is 4.25. The first-order chi connectivity index (χ1) is 13.2. The Balaban J connectivity index is 1.42. The third kappa shape index (κ3) is 5.53. The molecule has 148 valence electrons. The summed E-state index contributed by atoms with van der Waals surface area (Å²) in [5.41, 5.74) is 1.24. The van der Waals surface area contributed by atoms with Crippen LogP contribution in [0.2, 0.25) is 0 Å². The Kier molecular flexibility index (Phi) is 7.24. The molecule has 0 aromatic heterocycles. The van der Waals surface area contributed by atoms with E-state index >= 15 is 0 Å². The van der Waals surface area contributed by atoms with Crippen LogP contribution in [-0.2, 0) is 16.0 Å². The molecule has 27 heavy (non-hydrogen) atoms. The van der Waals surface area contributed by atoms with Gasteiger partial charge in [-0.25, -0.2) is 0 Å². The van der Waals surface area contributed by atoms with Gasteiger partial charge in [0, 0.05) is 32.2 Å². The van der Waals surface area contributed by atoms with Crippen LogP contribution in [0, 0.1) is 5.92 Å². The van der Waals surface area contributed by atoms with E-state index in [9.17, 15) is 9.59 Å². The zero-order valence-corrected chi connectivity index (χ0v) is 16.0. The number of carbonyl (C=O) groups is 2. The molecule has 0 spiro atoms. The molecule has 0 bridgehead atoms. The van der Waals surface area contributed by atoms with E-state index in [0.29, 0.717) is 25.7 Å². The number of hydrogen-bond donors (Lipinski definition) is 2. The molecular formula is C21H31N3O3. The highest BCUT2D eigenvalue weighted by Gasteiger charge is 2.32. The highest BCUT2D eigenvalue weighted by Crippen LogP contribution is 2.24. The Bertz CT molecular complexity index is 614. The van der Waals surface area contributed by atoms with Gasteiger partial charge in [0.15, 0.2) is 0 Å². The first-order valence-corrected chi connectivity index (χ1v) is 10.1. The molecule has 2 fully saturated rings. The predicted molar refractivity (Wildman–Crippen MR) is 104 cm³/mol. The first-order valence-electron chi connectivity index (χ1n) is 10.1. The van der Waals surface area contributed by atoms with Gasteiger partial charge < -0.3 is 15.3 Å². The summed E-state index contributed by atoms with van der Waals surface area (Å²) in [4.78, 5) is 28.4. The highest BCUT2D eigenvalue weighted by atomic mass is 16.3. The smallest absolute Gasteiger partial charge is 0.248 e. The van der Waals surface area contributed by atoms with Crippen LogP contribution in [0.5, 0.6) is 0 Å². The van der Waals surface area contributed by atoms with E-state index < -0.39 is 6.61 Å². The monoisotopic (exact) mass is 373 g/mol. The van der Waals surface area contributed by atoms with Gasteiger partial charge in [-0.3, -0.25) is 14.5 Å². The number of aliphatic hydroxyl groups excluding tert-OH is 1. The van der Waals surface area contributed by atoms with Gasteiger partial charge in [-0.2, -0.15) is 0 Å². The number of rotatable bonds is 6. The van der Waals surface area contributed by atoms with Crippen molar-refractivity contribution >= 4 is 11.8 Å². The number of aliphatic hydroxyl groups is 1. The van der Waals surface area contributed by atoms with Crippen molar-refractivity contribution in [3.05, 3.63) is 35.9 Å². The second-order valence-electron chi connectivity index (χ2n) is 7.63. The van der Waals surface area contributed by atoms with Crippen LogP contribution in [-0.4, -0.2) is 72.1 Å². The number of nitrogens with zero attached hydrogens (tertiary/aromatic N) is 2. The van der Waals surface area contributed by atoms with Crippen LogP contribution in [0.15, 0.2) is 30.3 Å². The molecule has 2 amide bonds. The fourth-order valence-electron chi connectivity index (χ4n) is 4.25. The number of hydrogen-bond acceptors (Lipinski definition) is 4. The Hall–Kier alpha value is -1.92. The van der Waals surface area contributed by atoms with Crippen LogP contribution in [0.4, 0.5) is 0 Å². The summed E-state index contributed by atoms with van der Waals surface area (Å²) < 4.78 is 0. The lowest BCUT2D eigenvalue weighted by Gasteiger charge is -2.42. The van der Waals surface area contributed by atoms with E-state index in [-0.39, 0.29) is 17.7 Å². The molecular weight excluding hydrogens is 342 g/mol. The predicted octanol–water partition coefficient (Wildman–Crippen LogP) is 1.04. The quantitative estimate of drug-likeness (QED) is 0.782. The average Bonchev–Trinajstić information content (AvgIpc) is 2.74. The van der Waals surface area contributed by atoms with Crippen LogP contribution in [0.3, 0.4) is 0 Å². The van der Waals surface area contributed by atoms with Crippen molar-refractivity contribution in [2.24, 2.45) is 5.92 Å². The number of amides is 2. The molecule has 2 heterocycles. The van der Waals surface area contributed by atoms with E-state index in [2.05, 4.69) is 22.3 Å². The van der Waals surface area contributed by atoms with E-state index in [1.807, 2.05) is 18.2 Å². The highest BCUT2D eigenvalue weighted by molar-refractivity contribution is 5.79. The van der Waals surface area contributed by atoms with E-state index in [4.69, 9.17) is 5.11 Å². The molecule has 0 radical (unpaired) electrons. The maximum atomic E-state index is 12.6. The molecule has 6 heteroatoms. The summed E-state index contributed by atoms with van der Waals surface area (Å²) in [6.07, 6.45) is 4.71. The van der Waals surface area contributed by atoms with E-state index in [1.54, 1.807) is 4.90 Å². The van der Waals surface area contributed by atoms with Crippen molar-refractivity contribution < 1.29 is 14.7 Å². The van der Waals surface area contributed by atoms with Crippen LogP contribution in [0.1, 0.15) is 31.2 Å². The van der Waals surface area contributed by atoms with Crippen molar-refractivity contribution in [3.8, 4) is 0 Å². The second kappa shape index (κ2) is 9.85. The number of nitrogens with one attached hydrogen (secondary N) is 1. The van der Waals surface area contributed by atoms with E-state index in [1.165, 1.54) is 5.56 Å². The van der Waals surface area contributed by atoms with Crippen molar-refractivity contribution in [2.75, 3.05) is 39.3 Å². The topological polar surface area (TPSA) is 72.9 Å². The maximum absolute atomic E-state index is 12.6. The molecule has 1 atom stereocenters. The Morgan fingerprint density at radius 2 is 1.81 bits per heavy atom. The molecule has 0 aliphatic carbocycles. The van der Waals surface area contributed by atoms with Gasteiger partial charge >= 0.3 is 0 Å². The number of piperidine rings is 2. The van der Waals surface area contributed by atoms with Crippen LogP contribution in [0.25, 0.3) is 0 Å². The number of benzene rings is 1. The van der Waals surface area contributed by atoms with Crippen molar-refractivity contribution in [3.63, 3.8) is 0 Å². The lowest BCUT2D eigenvalue weighted by Crippen LogP contribution is -2.52. The summed E-state index contributed by atoms with van der Waals surface area (Å²) in [5, 5.41) is 12.1. The van der Waals surface area contributed by atoms with Gasteiger partial charge in [0.1, 0.15) is 6.61 Å². The maximum Gasteiger partial charge on any atom is 0.248 e. The summed E-state index contributed by atoms with van der Waals surface area (Å²) in [6.45, 7) is 3.53. The summed E-state index contributed by atoms with van der Waals surface area (Å²) >= 11 is 0. The third-order valence-electron chi connectivity index (χ3n) is 5.85. The summed E-state index contributed by atoms with van der Waals surface area (Å²) in [6, 6.07) is 10.7. The molecule has 1 unspecified atom stereocenters. The van der Waals surface area contributed by atoms with Crippen molar-refractivity contribution in [1.29, 1.82) is 0 Å². The van der Waals surface area contributed by atoms with Crippen LogP contribution >= 0.6 is 0 Å². The van der Waals surface area contributed by atoms with Crippen molar-refractivity contribution in [2.45, 2.75) is 38.1 Å². The van der Waals surface area contributed by atoms with Crippen LogP contribution < -0.4 is 5.32 Å². The third-order valence-corrected chi connectivity index (χ3v) is 5.85. The largest absolute Gasteiger partial charge is 0.387 e. The van der Waals surface area contributed by atoms with E-state index in [0.717, 1.165) is 45.2 Å². The van der Waals surface area contributed by atoms with Gasteiger partial charge in [0.05, 0.1) is 5.92 Å². The van der Waals surface area contributed by atoms with Gasteiger partial charge in [-0.15, -0.1) is 0 Å². The molecule has 3 rings (SSSR count). The molecule has 2 saturated heterocycles. The summed E-state index contributed by atoms with van der Waals surface area (Å²) in [7, 11) is 0. The number of carbonyl (C=O) groups excluding carboxylic acids is 2. The minimum Gasteiger partial charge on any atom is -0.387 e. The van der Waals surface area contributed by atoms with Crippen molar-refractivity contribution in [1.82, 2.24) is 15.1 Å². The fraction of sp³-hybridized carbons (Fsp3) is 0.619. The Morgan fingerprint density at radius 3 is 2.52 bits per heavy atom. The average molecular weight is 373 g/mol. The summed E-state index contributed by atoms with van der Waals surface area (Å²) in [5.74, 6) is 0.0536. The normalized spacial score (nSPS) is 21.8. The molecule has 2 aliphatic heterocycles. The standard InChI is InChI=1S/C21H31N3O3/c25-16-20(26)23-13-9-19(10-14-23)24-12-4-7-18(15-24)21(27)22-11-8-17-5-2-1-3-6-17/h1-3,5-6,18-19,25H,4,7-16H2,(H,22,27). The Labute approximate surface area is 161 Å². The van der Waals surface area contributed by atoms with Gasteiger partial charge in [0.25, 0.3) is 0 Å². The molecule has 2 N–H and O–H groups in total. The zero-order valence-electron chi connectivity index (χ0n) is 16.0. The van der Waals surface area contributed by atoms with Gasteiger partial charge in [0.2, 0.25) is 11.8 Å². The zero-order chi connectivity index (χ0) is 19.1. The minimum absolute atomic E-state index is 0.0617. The Morgan fingerprint density at radius 1 is 1.07 bits per heavy atom. The van der Waals surface area contributed by atoms with Gasteiger partial charge in [-0.05, 0) is 44.2 Å². The van der Waals surface area contributed by atoms with Gasteiger partial charge in [-0.1, -0.05) is 30.3 Å². The SMILES string of the molecule is O=C(NCCc1ccccc1)C1CCCN(C2CCN(C(=O)CO)CC2)C1. The number of likely N-dealkylation sites (tertiary alicyclic amines) is 2. The molecule has 1 aromatic rings. The molecule has 1 aromatic carbocycles. The molecule has 0 saturated carbocycles. The minimum atomic E-state index is -0.403. The lowest BCUT2D eigenvalue weighted by atomic mass is 9.93. The second-order valence-corrected chi connectivity index (χ2v) is 7.63. The first kappa shape index (κ1) is 19.8. The molecule has 2 aliphatic rings. The molecule has 6 nitrogen and oxygen atoms in total.